The van der Waals surface area contributed by atoms with Crippen LogP contribution in [0.1, 0.15) is 11.6 Å². The standard InChI is InChI=1S/C10H10Cl2N4/c1-6-14-10(5-13)15-16(6)9-3-7(11)2-8(12)4-9/h2-4H,5,13H2,1H3. The number of rotatable bonds is 2. The van der Waals surface area contributed by atoms with E-state index >= 15 is 0 Å². The molecule has 0 atom stereocenters. The summed E-state index contributed by atoms with van der Waals surface area (Å²) < 4.78 is 1.67. The lowest BCUT2D eigenvalue weighted by atomic mass is 10.3. The summed E-state index contributed by atoms with van der Waals surface area (Å²) in [6, 6.07) is 5.22. The van der Waals surface area contributed by atoms with Crippen molar-refractivity contribution in [3.05, 3.63) is 39.9 Å². The fourth-order valence-electron chi connectivity index (χ4n) is 1.44. The van der Waals surface area contributed by atoms with E-state index in [1.807, 2.05) is 6.92 Å². The van der Waals surface area contributed by atoms with Gasteiger partial charge in [-0.15, -0.1) is 5.10 Å². The van der Waals surface area contributed by atoms with E-state index in [1.165, 1.54) is 0 Å². The van der Waals surface area contributed by atoms with E-state index in [0.29, 0.717) is 22.4 Å². The molecule has 84 valence electrons. The van der Waals surface area contributed by atoms with Crippen LogP contribution in [0, 0.1) is 6.92 Å². The molecule has 0 radical (unpaired) electrons. The van der Waals surface area contributed by atoms with E-state index in [2.05, 4.69) is 10.1 Å². The number of hydrogen-bond acceptors (Lipinski definition) is 3. The SMILES string of the molecule is Cc1nc(CN)nn1-c1cc(Cl)cc(Cl)c1. The maximum atomic E-state index is 5.92. The van der Waals surface area contributed by atoms with E-state index in [4.69, 9.17) is 28.9 Å². The molecule has 0 aliphatic carbocycles. The summed E-state index contributed by atoms with van der Waals surface area (Å²) >= 11 is 11.8. The molecule has 0 bridgehead atoms. The third-order valence-electron chi connectivity index (χ3n) is 2.09. The molecule has 1 heterocycles. The van der Waals surface area contributed by atoms with Crippen LogP contribution < -0.4 is 5.73 Å². The van der Waals surface area contributed by atoms with Gasteiger partial charge in [0, 0.05) is 10.0 Å². The Labute approximate surface area is 103 Å². The van der Waals surface area contributed by atoms with Gasteiger partial charge in [-0.25, -0.2) is 9.67 Å². The Morgan fingerprint density at radius 1 is 1.25 bits per heavy atom. The van der Waals surface area contributed by atoms with Crippen molar-refractivity contribution in [2.75, 3.05) is 0 Å². The zero-order chi connectivity index (χ0) is 11.7. The van der Waals surface area contributed by atoms with E-state index in [1.54, 1.807) is 22.9 Å². The van der Waals surface area contributed by atoms with Crippen molar-refractivity contribution in [2.24, 2.45) is 5.73 Å². The highest BCUT2D eigenvalue weighted by atomic mass is 35.5. The van der Waals surface area contributed by atoms with Crippen molar-refractivity contribution in [1.29, 1.82) is 0 Å². The summed E-state index contributed by atoms with van der Waals surface area (Å²) in [5.41, 5.74) is 6.26. The monoisotopic (exact) mass is 256 g/mol. The first-order valence-electron chi connectivity index (χ1n) is 4.69. The number of nitrogens with two attached hydrogens (primary N) is 1. The third-order valence-corrected chi connectivity index (χ3v) is 2.52. The highest BCUT2D eigenvalue weighted by Gasteiger charge is 2.08. The van der Waals surface area contributed by atoms with Gasteiger partial charge in [0.05, 0.1) is 12.2 Å². The first-order chi connectivity index (χ1) is 7.60. The minimum absolute atomic E-state index is 0.308. The van der Waals surface area contributed by atoms with Gasteiger partial charge in [-0.3, -0.25) is 0 Å². The number of hydrogen-bond donors (Lipinski definition) is 1. The Morgan fingerprint density at radius 2 is 1.88 bits per heavy atom. The summed E-state index contributed by atoms with van der Waals surface area (Å²) in [5.74, 6) is 1.34. The van der Waals surface area contributed by atoms with E-state index in [-0.39, 0.29) is 0 Å². The van der Waals surface area contributed by atoms with Gasteiger partial charge in [0.2, 0.25) is 0 Å². The smallest absolute Gasteiger partial charge is 0.164 e. The summed E-state index contributed by atoms with van der Waals surface area (Å²) in [5, 5.41) is 5.37. The maximum Gasteiger partial charge on any atom is 0.164 e. The molecule has 0 spiro atoms. The van der Waals surface area contributed by atoms with Gasteiger partial charge < -0.3 is 5.73 Å². The number of nitrogens with zero attached hydrogens (tertiary/aromatic N) is 3. The molecule has 0 aliphatic heterocycles. The normalized spacial score (nSPS) is 10.8. The highest BCUT2D eigenvalue weighted by Crippen LogP contribution is 2.21. The van der Waals surface area contributed by atoms with Crippen LogP contribution in [0.15, 0.2) is 18.2 Å². The van der Waals surface area contributed by atoms with Gasteiger partial charge in [-0.05, 0) is 25.1 Å². The minimum Gasteiger partial charge on any atom is -0.324 e. The Bertz CT molecular complexity index is 501. The molecule has 1 aromatic heterocycles. The predicted octanol–water partition coefficient (Wildman–Crippen LogP) is 2.34. The second kappa shape index (κ2) is 4.41. The van der Waals surface area contributed by atoms with Crippen LogP contribution in [0.3, 0.4) is 0 Å². The van der Waals surface area contributed by atoms with E-state index in [9.17, 15) is 0 Å². The lowest BCUT2D eigenvalue weighted by Crippen LogP contribution is -2.01. The average Bonchev–Trinajstić information content (AvgIpc) is 2.58. The fourth-order valence-corrected chi connectivity index (χ4v) is 1.95. The van der Waals surface area contributed by atoms with Crippen molar-refractivity contribution in [3.63, 3.8) is 0 Å². The van der Waals surface area contributed by atoms with Crippen LogP contribution in [0.25, 0.3) is 5.69 Å². The van der Waals surface area contributed by atoms with Gasteiger partial charge in [0.25, 0.3) is 0 Å². The van der Waals surface area contributed by atoms with Gasteiger partial charge in [0.15, 0.2) is 5.82 Å². The molecule has 2 N–H and O–H groups in total. The molecule has 4 nitrogen and oxygen atoms in total. The Morgan fingerprint density at radius 3 is 2.38 bits per heavy atom. The lowest BCUT2D eigenvalue weighted by Gasteiger charge is -2.04. The Kier molecular flexibility index (Phi) is 3.14. The molecule has 1 aromatic carbocycles. The Hall–Kier alpha value is -1.10. The number of halogens is 2. The summed E-state index contributed by atoms with van der Waals surface area (Å²) in [7, 11) is 0. The third kappa shape index (κ3) is 2.19. The Balaban J connectivity index is 2.53. The molecular weight excluding hydrogens is 247 g/mol. The molecule has 0 unspecified atom stereocenters. The van der Waals surface area contributed by atoms with Crippen molar-refractivity contribution in [3.8, 4) is 5.69 Å². The maximum absolute atomic E-state index is 5.92. The molecule has 2 rings (SSSR count). The second-order valence-electron chi connectivity index (χ2n) is 3.32. The van der Waals surface area contributed by atoms with Crippen LogP contribution in [-0.2, 0) is 6.54 Å². The lowest BCUT2D eigenvalue weighted by molar-refractivity contribution is 0.812. The molecule has 0 saturated heterocycles. The molecule has 0 fully saturated rings. The van der Waals surface area contributed by atoms with Gasteiger partial charge in [-0.1, -0.05) is 23.2 Å². The second-order valence-corrected chi connectivity index (χ2v) is 4.19. The molecule has 0 aliphatic rings. The van der Waals surface area contributed by atoms with Gasteiger partial charge >= 0.3 is 0 Å². The highest BCUT2D eigenvalue weighted by molar-refractivity contribution is 6.34. The zero-order valence-corrected chi connectivity index (χ0v) is 10.1. The van der Waals surface area contributed by atoms with Crippen molar-refractivity contribution < 1.29 is 0 Å². The predicted molar refractivity (Wildman–Crippen MR) is 64.0 cm³/mol. The number of benzene rings is 1. The molecule has 0 amide bonds. The summed E-state index contributed by atoms with van der Waals surface area (Å²) in [6.07, 6.45) is 0. The molecular formula is C10H10Cl2N4. The molecule has 0 saturated carbocycles. The summed E-state index contributed by atoms with van der Waals surface area (Å²) in [4.78, 5) is 4.21. The molecule has 16 heavy (non-hydrogen) atoms. The quantitative estimate of drug-likeness (QED) is 0.898. The van der Waals surface area contributed by atoms with Crippen LogP contribution in [0.5, 0.6) is 0 Å². The number of aromatic nitrogens is 3. The van der Waals surface area contributed by atoms with E-state index < -0.39 is 0 Å². The fraction of sp³-hybridized carbons (Fsp3) is 0.200. The van der Waals surface area contributed by atoms with Crippen LogP contribution in [0.2, 0.25) is 10.0 Å². The van der Waals surface area contributed by atoms with Gasteiger partial charge in [-0.2, -0.15) is 0 Å². The summed E-state index contributed by atoms with van der Waals surface area (Å²) in [6.45, 7) is 2.16. The zero-order valence-electron chi connectivity index (χ0n) is 8.61. The average molecular weight is 257 g/mol. The first-order valence-corrected chi connectivity index (χ1v) is 5.45. The van der Waals surface area contributed by atoms with Gasteiger partial charge in [0.1, 0.15) is 5.82 Å². The van der Waals surface area contributed by atoms with Crippen molar-refractivity contribution in [1.82, 2.24) is 14.8 Å². The topological polar surface area (TPSA) is 56.7 Å². The van der Waals surface area contributed by atoms with E-state index in [0.717, 1.165) is 11.5 Å². The number of aryl methyl sites for hydroxylation is 1. The van der Waals surface area contributed by atoms with Crippen molar-refractivity contribution in [2.45, 2.75) is 13.5 Å². The van der Waals surface area contributed by atoms with Crippen LogP contribution >= 0.6 is 23.2 Å². The van der Waals surface area contributed by atoms with Crippen LogP contribution in [-0.4, -0.2) is 14.8 Å². The minimum atomic E-state index is 0.308. The van der Waals surface area contributed by atoms with Crippen LogP contribution in [0.4, 0.5) is 0 Å². The molecule has 6 heteroatoms. The molecule has 2 aromatic rings. The first kappa shape index (κ1) is 11.4. The van der Waals surface area contributed by atoms with Crippen molar-refractivity contribution >= 4 is 23.2 Å². The largest absolute Gasteiger partial charge is 0.324 e.